The molecule has 0 bridgehead atoms. The first-order valence-electron chi connectivity index (χ1n) is 6.38. The minimum Gasteiger partial charge on any atom is -0.271 e. The number of allylic oxidation sites excluding steroid dienone is 1. The highest BCUT2D eigenvalue weighted by molar-refractivity contribution is 4.82. The lowest BCUT2D eigenvalue weighted by molar-refractivity contribution is 0.212. The summed E-state index contributed by atoms with van der Waals surface area (Å²) in [6, 6.07) is 0.501. The van der Waals surface area contributed by atoms with Crippen LogP contribution in [-0.4, -0.2) is 6.04 Å². The third kappa shape index (κ3) is 3.96. The van der Waals surface area contributed by atoms with Gasteiger partial charge < -0.3 is 0 Å². The highest BCUT2D eigenvalue weighted by Crippen LogP contribution is 2.33. The molecule has 0 heterocycles. The highest BCUT2D eigenvalue weighted by Gasteiger charge is 2.25. The maximum Gasteiger partial charge on any atom is 0.0241 e. The summed E-state index contributed by atoms with van der Waals surface area (Å²) in [4.78, 5) is 0. The van der Waals surface area contributed by atoms with Crippen LogP contribution in [0.3, 0.4) is 0 Å². The fourth-order valence-electron chi connectivity index (χ4n) is 2.75. The molecule has 0 aliphatic heterocycles. The third-order valence-electron chi connectivity index (χ3n) is 3.93. The van der Waals surface area contributed by atoms with Crippen molar-refractivity contribution in [2.45, 2.75) is 57.9 Å². The minimum absolute atomic E-state index is 0.501. The van der Waals surface area contributed by atoms with Crippen LogP contribution in [0.15, 0.2) is 12.7 Å². The van der Waals surface area contributed by atoms with E-state index < -0.39 is 0 Å². The van der Waals surface area contributed by atoms with E-state index in [9.17, 15) is 0 Å². The second-order valence-electron chi connectivity index (χ2n) is 4.83. The summed E-state index contributed by atoms with van der Waals surface area (Å²) in [5, 5.41) is 0. The minimum atomic E-state index is 0.501. The van der Waals surface area contributed by atoms with Crippen molar-refractivity contribution in [1.29, 1.82) is 0 Å². The molecule has 1 unspecified atom stereocenters. The number of nitrogens with two attached hydrogens (primary N) is 1. The monoisotopic (exact) mass is 210 g/mol. The van der Waals surface area contributed by atoms with Gasteiger partial charge in [-0.15, -0.1) is 6.58 Å². The second-order valence-corrected chi connectivity index (χ2v) is 4.83. The van der Waals surface area contributed by atoms with Crippen molar-refractivity contribution in [3.63, 3.8) is 0 Å². The van der Waals surface area contributed by atoms with E-state index in [1.165, 1.54) is 32.1 Å². The van der Waals surface area contributed by atoms with E-state index in [1.54, 1.807) is 0 Å². The summed E-state index contributed by atoms with van der Waals surface area (Å²) in [5.41, 5.74) is 2.99. The van der Waals surface area contributed by atoms with E-state index in [4.69, 9.17) is 5.84 Å². The smallest absolute Gasteiger partial charge is 0.0241 e. The zero-order valence-electron chi connectivity index (χ0n) is 10.0. The van der Waals surface area contributed by atoms with E-state index in [2.05, 4.69) is 18.9 Å². The number of hydrogen-bond donors (Lipinski definition) is 2. The van der Waals surface area contributed by atoms with Crippen LogP contribution >= 0.6 is 0 Å². The van der Waals surface area contributed by atoms with Crippen LogP contribution in [-0.2, 0) is 0 Å². The molecule has 1 saturated carbocycles. The van der Waals surface area contributed by atoms with Gasteiger partial charge in [0.1, 0.15) is 0 Å². The topological polar surface area (TPSA) is 38.0 Å². The first-order chi connectivity index (χ1) is 7.31. The summed E-state index contributed by atoms with van der Waals surface area (Å²) in [6.07, 6.45) is 11.0. The summed E-state index contributed by atoms with van der Waals surface area (Å²) in [7, 11) is 0. The van der Waals surface area contributed by atoms with Gasteiger partial charge in [0.25, 0.3) is 0 Å². The van der Waals surface area contributed by atoms with Gasteiger partial charge in [-0.05, 0) is 37.5 Å². The van der Waals surface area contributed by atoms with Crippen molar-refractivity contribution in [3.8, 4) is 0 Å². The molecule has 3 N–H and O–H groups in total. The molecule has 1 aliphatic rings. The Kier molecular flexibility index (Phi) is 5.96. The van der Waals surface area contributed by atoms with Crippen molar-refractivity contribution in [2.75, 3.05) is 0 Å². The van der Waals surface area contributed by atoms with Crippen molar-refractivity contribution in [2.24, 2.45) is 17.7 Å². The van der Waals surface area contributed by atoms with Crippen molar-refractivity contribution >= 4 is 0 Å². The zero-order chi connectivity index (χ0) is 11.1. The Hall–Kier alpha value is -0.340. The lowest BCUT2D eigenvalue weighted by Gasteiger charge is -2.33. The van der Waals surface area contributed by atoms with Gasteiger partial charge in [0.2, 0.25) is 0 Å². The van der Waals surface area contributed by atoms with Crippen LogP contribution in [0.2, 0.25) is 0 Å². The molecular weight excluding hydrogens is 184 g/mol. The number of rotatable bonds is 6. The fraction of sp³-hybridized carbons (Fsp3) is 0.846. The van der Waals surface area contributed by atoms with Crippen molar-refractivity contribution in [1.82, 2.24) is 5.43 Å². The van der Waals surface area contributed by atoms with Gasteiger partial charge in [0, 0.05) is 6.04 Å². The van der Waals surface area contributed by atoms with E-state index in [0.717, 1.165) is 24.7 Å². The van der Waals surface area contributed by atoms with Gasteiger partial charge in [0.15, 0.2) is 0 Å². The molecule has 0 aromatic heterocycles. The molecule has 0 spiro atoms. The summed E-state index contributed by atoms with van der Waals surface area (Å²) < 4.78 is 0. The molecule has 2 heteroatoms. The largest absolute Gasteiger partial charge is 0.271 e. The Morgan fingerprint density at radius 1 is 1.40 bits per heavy atom. The SMILES string of the molecule is C=CCCC(NN)C1CCC(CC)CC1. The summed E-state index contributed by atoms with van der Waals surface area (Å²) in [6.45, 7) is 6.08. The standard InChI is InChI=1S/C13H26N2/c1-3-5-6-13(15-14)12-9-7-11(4-2)8-10-12/h3,11-13,15H,1,4-10,14H2,2H3. The first kappa shape index (κ1) is 12.7. The molecule has 2 nitrogen and oxygen atoms in total. The lowest BCUT2D eigenvalue weighted by Crippen LogP contribution is -2.42. The molecule has 1 aliphatic carbocycles. The summed E-state index contributed by atoms with van der Waals surface area (Å²) >= 11 is 0. The quantitative estimate of drug-likeness (QED) is 0.402. The highest BCUT2D eigenvalue weighted by atomic mass is 15.2. The van der Waals surface area contributed by atoms with Crippen LogP contribution in [0, 0.1) is 11.8 Å². The maximum atomic E-state index is 5.63. The normalized spacial score (nSPS) is 28.7. The molecule has 0 amide bonds. The van der Waals surface area contributed by atoms with Gasteiger partial charge >= 0.3 is 0 Å². The lowest BCUT2D eigenvalue weighted by atomic mass is 9.77. The van der Waals surface area contributed by atoms with Gasteiger partial charge in [-0.1, -0.05) is 32.3 Å². The number of nitrogens with one attached hydrogen (secondary N) is 1. The van der Waals surface area contributed by atoms with Crippen LogP contribution in [0.1, 0.15) is 51.9 Å². The van der Waals surface area contributed by atoms with Crippen LogP contribution < -0.4 is 11.3 Å². The molecule has 0 radical (unpaired) electrons. The Bertz CT molecular complexity index is 171. The molecule has 0 aromatic rings. The Morgan fingerprint density at radius 2 is 2.07 bits per heavy atom. The second kappa shape index (κ2) is 7.02. The molecule has 15 heavy (non-hydrogen) atoms. The predicted octanol–water partition coefficient (Wildman–Crippen LogP) is 3.00. The zero-order valence-corrected chi connectivity index (χ0v) is 10.0. The molecule has 1 fully saturated rings. The van der Waals surface area contributed by atoms with Gasteiger partial charge in [-0.25, -0.2) is 0 Å². The van der Waals surface area contributed by atoms with E-state index in [1.807, 2.05) is 6.08 Å². The average molecular weight is 210 g/mol. The predicted molar refractivity (Wildman–Crippen MR) is 66.3 cm³/mol. The van der Waals surface area contributed by atoms with Crippen LogP contribution in [0.4, 0.5) is 0 Å². The van der Waals surface area contributed by atoms with Gasteiger partial charge in [-0.2, -0.15) is 0 Å². The molecule has 0 saturated heterocycles. The van der Waals surface area contributed by atoms with Crippen LogP contribution in [0.5, 0.6) is 0 Å². The fourth-order valence-corrected chi connectivity index (χ4v) is 2.75. The van der Waals surface area contributed by atoms with E-state index >= 15 is 0 Å². The number of hydrogen-bond acceptors (Lipinski definition) is 2. The van der Waals surface area contributed by atoms with E-state index in [-0.39, 0.29) is 0 Å². The third-order valence-corrected chi connectivity index (χ3v) is 3.93. The van der Waals surface area contributed by atoms with Crippen LogP contribution in [0.25, 0.3) is 0 Å². The Morgan fingerprint density at radius 3 is 2.53 bits per heavy atom. The maximum absolute atomic E-state index is 5.63. The molecule has 1 atom stereocenters. The average Bonchev–Trinajstić information content (AvgIpc) is 2.31. The molecule has 1 rings (SSSR count). The van der Waals surface area contributed by atoms with Gasteiger partial charge in [-0.3, -0.25) is 11.3 Å². The van der Waals surface area contributed by atoms with Crippen molar-refractivity contribution in [3.05, 3.63) is 12.7 Å². The molecule has 88 valence electrons. The number of hydrazine groups is 1. The summed E-state index contributed by atoms with van der Waals surface area (Å²) in [5.74, 6) is 7.39. The Labute approximate surface area is 94.3 Å². The first-order valence-corrected chi connectivity index (χ1v) is 6.38. The van der Waals surface area contributed by atoms with E-state index in [0.29, 0.717) is 6.04 Å². The molecular formula is C13H26N2. The Balaban J connectivity index is 2.32. The van der Waals surface area contributed by atoms with Crippen molar-refractivity contribution < 1.29 is 0 Å². The molecule has 0 aromatic carbocycles. The van der Waals surface area contributed by atoms with Gasteiger partial charge in [0.05, 0.1) is 0 Å².